The zero-order valence-electron chi connectivity index (χ0n) is 21.2. The van der Waals surface area contributed by atoms with E-state index in [1.165, 1.54) is 7.05 Å². The number of aryl methyl sites for hydroxylation is 3. The number of piperidine rings is 1. The lowest BCUT2D eigenvalue weighted by molar-refractivity contribution is -0.141. The van der Waals surface area contributed by atoms with E-state index >= 15 is 0 Å². The third-order valence-corrected chi connectivity index (χ3v) is 7.07. The molecule has 198 valence electrons. The molecule has 0 bridgehead atoms. The summed E-state index contributed by atoms with van der Waals surface area (Å²) >= 11 is 0. The fourth-order valence-corrected chi connectivity index (χ4v) is 5.08. The van der Waals surface area contributed by atoms with Crippen LogP contribution >= 0.6 is 0 Å². The second-order valence-electron chi connectivity index (χ2n) is 9.68. The molecule has 4 heterocycles. The predicted molar refractivity (Wildman–Crippen MR) is 134 cm³/mol. The van der Waals surface area contributed by atoms with Gasteiger partial charge in [-0.05, 0) is 37.5 Å². The third-order valence-electron chi connectivity index (χ3n) is 7.07. The first-order chi connectivity index (χ1) is 18.0. The van der Waals surface area contributed by atoms with E-state index in [9.17, 15) is 22.8 Å². The number of carbonyl (C=O) groups excluding carboxylic acids is 2. The van der Waals surface area contributed by atoms with Crippen molar-refractivity contribution >= 4 is 17.5 Å². The van der Waals surface area contributed by atoms with Gasteiger partial charge in [-0.3, -0.25) is 14.3 Å². The van der Waals surface area contributed by atoms with E-state index in [1.807, 2.05) is 54.6 Å². The van der Waals surface area contributed by atoms with Gasteiger partial charge in [0.2, 0.25) is 0 Å². The van der Waals surface area contributed by atoms with Crippen LogP contribution in [0, 0.1) is 13.8 Å². The Balaban J connectivity index is 1.40. The molecule has 0 unspecified atom stereocenters. The third kappa shape index (κ3) is 4.75. The van der Waals surface area contributed by atoms with E-state index in [-0.39, 0.29) is 17.5 Å². The van der Waals surface area contributed by atoms with Crippen LogP contribution in [0.3, 0.4) is 0 Å². The summed E-state index contributed by atoms with van der Waals surface area (Å²) in [5.41, 5.74) is 2.78. The van der Waals surface area contributed by atoms with Crippen LogP contribution in [-0.4, -0.2) is 55.0 Å². The number of aromatic nitrogens is 4. The SMILES string of the molecule is Cc1cc(C(=O)N2CC[C@@H](NC(=O)c3cc(C(F)(F)F)nn3C)[C@@H](c3ccccc3)C2)cn2c(C)cnc12. The van der Waals surface area contributed by atoms with Gasteiger partial charge < -0.3 is 14.6 Å². The lowest BCUT2D eigenvalue weighted by Gasteiger charge is -2.39. The molecule has 8 nitrogen and oxygen atoms in total. The Morgan fingerprint density at radius 1 is 1.11 bits per heavy atom. The van der Waals surface area contributed by atoms with E-state index in [1.54, 1.807) is 17.3 Å². The van der Waals surface area contributed by atoms with Crippen molar-refractivity contribution in [3.8, 4) is 0 Å². The summed E-state index contributed by atoms with van der Waals surface area (Å²) in [5.74, 6) is -1.03. The Morgan fingerprint density at radius 2 is 1.84 bits per heavy atom. The van der Waals surface area contributed by atoms with Crippen molar-refractivity contribution < 1.29 is 22.8 Å². The molecule has 0 spiro atoms. The van der Waals surface area contributed by atoms with Crippen molar-refractivity contribution in [3.63, 3.8) is 0 Å². The standard InChI is InChI=1S/C27H27F3N6O2/c1-16-11-19(14-36-17(2)13-31-24(16)36)26(38)35-10-9-21(20(15-35)18-7-5-4-6-8-18)32-25(37)22-12-23(27(28,29)30)33-34(22)3/h4-8,11-14,20-21H,9-10,15H2,1-3H3,(H,32,37)/t20-,21-/m1/s1. The average Bonchev–Trinajstić information content (AvgIpc) is 3.47. The average molecular weight is 525 g/mol. The van der Waals surface area contributed by atoms with E-state index in [0.29, 0.717) is 25.1 Å². The monoisotopic (exact) mass is 524 g/mol. The fourth-order valence-electron chi connectivity index (χ4n) is 5.08. The summed E-state index contributed by atoms with van der Waals surface area (Å²) in [5, 5.41) is 6.35. The minimum absolute atomic E-state index is 0.129. The summed E-state index contributed by atoms with van der Waals surface area (Å²) in [6.07, 6.45) is -0.660. The molecule has 38 heavy (non-hydrogen) atoms. The first kappa shape index (κ1) is 25.5. The number of alkyl halides is 3. The van der Waals surface area contributed by atoms with Gasteiger partial charge in [-0.15, -0.1) is 0 Å². The second kappa shape index (κ2) is 9.62. The van der Waals surface area contributed by atoms with Crippen LogP contribution in [0.4, 0.5) is 13.2 Å². The highest BCUT2D eigenvalue weighted by atomic mass is 19.4. The number of nitrogens with one attached hydrogen (secondary N) is 1. The quantitative estimate of drug-likeness (QED) is 0.435. The van der Waals surface area contributed by atoms with Gasteiger partial charge >= 0.3 is 6.18 Å². The number of carbonyl (C=O) groups is 2. The van der Waals surface area contributed by atoms with Gasteiger partial charge in [0, 0.05) is 56.3 Å². The number of pyridine rings is 1. The largest absolute Gasteiger partial charge is 0.435 e. The number of likely N-dealkylation sites (tertiary alicyclic amines) is 1. The Bertz CT molecular complexity index is 1510. The zero-order chi connectivity index (χ0) is 27.2. The van der Waals surface area contributed by atoms with E-state index in [4.69, 9.17) is 0 Å². The molecular weight excluding hydrogens is 497 g/mol. The molecule has 2 amide bonds. The lowest BCUT2D eigenvalue weighted by atomic mass is 9.85. The second-order valence-corrected chi connectivity index (χ2v) is 9.68. The predicted octanol–water partition coefficient (Wildman–Crippen LogP) is 4.13. The van der Waals surface area contributed by atoms with Crippen LogP contribution in [-0.2, 0) is 13.2 Å². The van der Waals surface area contributed by atoms with Gasteiger partial charge in [0.25, 0.3) is 11.8 Å². The number of imidazole rings is 1. The number of halogens is 3. The van der Waals surface area contributed by atoms with Crippen molar-refractivity contribution in [2.75, 3.05) is 13.1 Å². The normalized spacial score (nSPS) is 18.1. The van der Waals surface area contributed by atoms with Crippen LogP contribution in [0.25, 0.3) is 5.65 Å². The summed E-state index contributed by atoms with van der Waals surface area (Å²) in [6.45, 7) is 4.56. The van der Waals surface area contributed by atoms with Gasteiger partial charge in [-0.1, -0.05) is 30.3 Å². The van der Waals surface area contributed by atoms with Crippen molar-refractivity contribution in [2.45, 2.75) is 38.4 Å². The molecule has 0 aliphatic carbocycles. The molecule has 1 N–H and O–H groups in total. The fraction of sp³-hybridized carbons (Fsp3) is 0.333. The Kier molecular flexibility index (Phi) is 6.46. The van der Waals surface area contributed by atoms with Crippen LogP contribution in [0.1, 0.15) is 55.7 Å². The van der Waals surface area contributed by atoms with Crippen molar-refractivity contribution in [3.05, 3.63) is 88.6 Å². The number of benzene rings is 1. The number of fused-ring (bicyclic) bond motifs is 1. The highest BCUT2D eigenvalue weighted by Gasteiger charge is 2.37. The Morgan fingerprint density at radius 3 is 2.53 bits per heavy atom. The molecule has 2 atom stereocenters. The van der Waals surface area contributed by atoms with E-state index in [2.05, 4.69) is 15.4 Å². The van der Waals surface area contributed by atoms with Crippen LogP contribution < -0.4 is 5.32 Å². The molecule has 0 radical (unpaired) electrons. The van der Waals surface area contributed by atoms with E-state index in [0.717, 1.165) is 33.2 Å². The first-order valence-corrected chi connectivity index (χ1v) is 12.2. The topological polar surface area (TPSA) is 84.5 Å². The van der Waals surface area contributed by atoms with Crippen molar-refractivity contribution in [1.82, 2.24) is 29.4 Å². The summed E-state index contributed by atoms with van der Waals surface area (Å²) in [7, 11) is 1.31. The Labute approximate surface area is 217 Å². The van der Waals surface area contributed by atoms with Gasteiger partial charge in [-0.25, -0.2) is 4.98 Å². The molecule has 1 aliphatic rings. The number of hydrogen-bond acceptors (Lipinski definition) is 4. The summed E-state index contributed by atoms with van der Waals surface area (Å²) in [4.78, 5) is 32.8. The number of hydrogen-bond donors (Lipinski definition) is 1. The molecular formula is C27H27F3N6O2. The van der Waals surface area contributed by atoms with Crippen molar-refractivity contribution in [2.24, 2.45) is 7.05 Å². The van der Waals surface area contributed by atoms with Crippen molar-refractivity contribution in [1.29, 1.82) is 0 Å². The molecule has 0 saturated carbocycles. The number of amides is 2. The van der Waals surface area contributed by atoms with Gasteiger partial charge in [0.1, 0.15) is 11.3 Å². The van der Waals surface area contributed by atoms with Crippen LogP contribution in [0.15, 0.2) is 54.9 Å². The smallest absolute Gasteiger partial charge is 0.347 e. The minimum atomic E-state index is -4.65. The lowest BCUT2D eigenvalue weighted by Crippen LogP contribution is -2.51. The zero-order valence-corrected chi connectivity index (χ0v) is 21.2. The first-order valence-electron chi connectivity index (χ1n) is 12.2. The van der Waals surface area contributed by atoms with Gasteiger partial charge in [0.05, 0.1) is 5.56 Å². The van der Waals surface area contributed by atoms with E-state index < -0.39 is 23.8 Å². The molecule has 1 aromatic carbocycles. The maximum Gasteiger partial charge on any atom is 0.435 e. The van der Waals surface area contributed by atoms with Gasteiger partial charge in [0.15, 0.2) is 5.69 Å². The van der Waals surface area contributed by atoms with Crippen LogP contribution in [0.5, 0.6) is 0 Å². The minimum Gasteiger partial charge on any atom is -0.347 e. The molecule has 1 fully saturated rings. The summed E-state index contributed by atoms with van der Waals surface area (Å²) < 4.78 is 42.2. The van der Waals surface area contributed by atoms with Gasteiger partial charge in [-0.2, -0.15) is 18.3 Å². The molecule has 4 aromatic rings. The molecule has 1 saturated heterocycles. The number of nitrogens with zero attached hydrogens (tertiary/aromatic N) is 5. The Hall–Kier alpha value is -4.15. The molecule has 1 aliphatic heterocycles. The number of rotatable bonds is 4. The molecule has 5 rings (SSSR count). The maximum absolute atomic E-state index is 13.6. The summed E-state index contributed by atoms with van der Waals surface area (Å²) in [6, 6.07) is 11.7. The highest BCUT2D eigenvalue weighted by Crippen LogP contribution is 2.31. The molecule has 11 heteroatoms. The molecule has 3 aromatic heterocycles. The van der Waals surface area contributed by atoms with Crippen LogP contribution in [0.2, 0.25) is 0 Å². The maximum atomic E-state index is 13.6. The highest BCUT2D eigenvalue weighted by molar-refractivity contribution is 5.95.